The van der Waals surface area contributed by atoms with Crippen molar-refractivity contribution in [1.82, 2.24) is 18.9 Å². The molecule has 0 spiro atoms. The van der Waals surface area contributed by atoms with Gasteiger partial charge in [0.2, 0.25) is 5.13 Å². The highest BCUT2D eigenvalue weighted by Crippen LogP contribution is 2.13. The zero-order valence-corrected chi connectivity index (χ0v) is 9.08. The van der Waals surface area contributed by atoms with E-state index in [2.05, 4.69) is 21.3 Å². The van der Waals surface area contributed by atoms with Crippen molar-refractivity contribution in [2.75, 3.05) is 0 Å². The molecule has 0 saturated heterocycles. The molecule has 0 aromatic carbocycles. The van der Waals surface area contributed by atoms with Crippen LogP contribution in [0.5, 0.6) is 0 Å². The molecule has 2 aromatic rings. The summed E-state index contributed by atoms with van der Waals surface area (Å²) in [5.41, 5.74) is 0. The molecule has 0 atom stereocenters. The minimum atomic E-state index is 0.821. The van der Waals surface area contributed by atoms with Crippen molar-refractivity contribution in [1.29, 1.82) is 0 Å². The maximum Gasteiger partial charge on any atom is 0.214 e. The Kier molecular flexibility index (Phi) is 2.58. The number of hydrogen-bond acceptors (Lipinski definition) is 4. The van der Waals surface area contributed by atoms with Gasteiger partial charge in [0, 0.05) is 30.3 Å². The molecule has 0 amide bonds. The van der Waals surface area contributed by atoms with Crippen molar-refractivity contribution in [2.45, 2.75) is 26.7 Å². The van der Waals surface area contributed by atoms with Gasteiger partial charge in [-0.2, -0.15) is 4.37 Å². The van der Waals surface area contributed by atoms with Gasteiger partial charge in [0.05, 0.1) is 0 Å². The molecule has 5 heteroatoms. The van der Waals surface area contributed by atoms with E-state index in [1.807, 2.05) is 23.9 Å². The first-order valence-corrected chi connectivity index (χ1v) is 5.41. The molecule has 0 radical (unpaired) electrons. The molecule has 74 valence electrons. The summed E-state index contributed by atoms with van der Waals surface area (Å²) >= 11 is 1.41. The summed E-state index contributed by atoms with van der Waals surface area (Å²) in [7, 11) is 0. The quantitative estimate of drug-likeness (QED) is 0.774. The van der Waals surface area contributed by atoms with E-state index in [0.29, 0.717) is 0 Å². The van der Waals surface area contributed by atoms with E-state index in [-0.39, 0.29) is 0 Å². The minimum absolute atomic E-state index is 0.821. The molecule has 0 unspecified atom stereocenters. The van der Waals surface area contributed by atoms with Crippen LogP contribution in [0.1, 0.15) is 25.0 Å². The molecule has 2 heterocycles. The van der Waals surface area contributed by atoms with Crippen molar-refractivity contribution in [3.63, 3.8) is 0 Å². The predicted molar refractivity (Wildman–Crippen MR) is 55.8 cm³/mol. The van der Waals surface area contributed by atoms with E-state index in [1.165, 1.54) is 11.5 Å². The van der Waals surface area contributed by atoms with Crippen molar-refractivity contribution in [2.24, 2.45) is 0 Å². The average Bonchev–Trinajstić information content (AvgIpc) is 2.74. The lowest BCUT2D eigenvalue weighted by Gasteiger charge is -2.00. The molecule has 0 fully saturated rings. The Morgan fingerprint density at radius 1 is 1.50 bits per heavy atom. The fourth-order valence-corrected chi connectivity index (χ4v) is 1.98. The van der Waals surface area contributed by atoms with Gasteiger partial charge in [-0.1, -0.05) is 6.92 Å². The van der Waals surface area contributed by atoms with E-state index >= 15 is 0 Å². The molecule has 2 aromatic heterocycles. The Morgan fingerprint density at radius 3 is 3.00 bits per heavy atom. The molecule has 0 aliphatic heterocycles. The lowest BCUT2D eigenvalue weighted by Crippen LogP contribution is -1.99. The lowest BCUT2D eigenvalue weighted by atomic mass is 10.3. The second-order valence-electron chi connectivity index (χ2n) is 3.09. The van der Waals surface area contributed by atoms with Crippen molar-refractivity contribution < 1.29 is 0 Å². The molecular formula is C9H12N4S. The second kappa shape index (κ2) is 3.88. The van der Waals surface area contributed by atoms with Gasteiger partial charge in [0.15, 0.2) is 0 Å². The maximum atomic E-state index is 4.33. The highest BCUT2D eigenvalue weighted by Gasteiger charge is 2.07. The molecule has 14 heavy (non-hydrogen) atoms. The first kappa shape index (κ1) is 9.33. The number of aromatic nitrogens is 4. The monoisotopic (exact) mass is 208 g/mol. The number of nitrogens with zero attached hydrogens (tertiary/aromatic N) is 4. The molecule has 0 saturated carbocycles. The Hall–Kier alpha value is -1.23. The zero-order chi connectivity index (χ0) is 9.97. The smallest absolute Gasteiger partial charge is 0.214 e. The second-order valence-corrected chi connectivity index (χ2v) is 3.82. The zero-order valence-electron chi connectivity index (χ0n) is 8.27. The fraction of sp³-hybridized carbons (Fsp3) is 0.444. The summed E-state index contributed by atoms with van der Waals surface area (Å²) in [6, 6.07) is 0. The predicted octanol–water partition coefficient (Wildman–Crippen LogP) is 1.98. The Morgan fingerprint density at radius 2 is 2.36 bits per heavy atom. The summed E-state index contributed by atoms with van der Waals surface area (Å²) in [5, 5.41) is 0.906. The van der Waals surface area contributed by atoms with Gasteiger partial charge in [-0.15, -0.1) is 0 Å². The van der Waals surface area contributed by atoms with Crippen LogP contribution in [0.3, 0.4) is 0 Å². The molecule has 4 nitrogen and oxygen atoms in total. The molecule has 0 bridgehead atoms. The number of imidazole rings is 1. The van der Waals surface area contributed by atoms with Gasteiger partial charge >= 0.3 is 0 Å². The third-order valence-corrected chi connectivity index (χ3v) is 2.72. The van der Waals surface area contributed by atoms with Crippen molar-refractivity contribution in [3.8, 4) is 5.13 Å². The summed E-state index contributed by atoms with van der Waals surface area (Å²) in [4.78, 5) is 8.62. The minimum Gasteiger partial charge on any atom is -0.278 e. The first-order chi connectivity index (χ1) is 6.81. The Balaban J connectivity index is 2.36. The lowest BCUT2D eigenvalue weighted by molar-refractivity contribution is 0.805. The highest BCUT2D eigenvalue weighted by molar-refractivity contribution is 7.08. The summed E-state index contributed by atoms with van der Waals surface area (Å²) in [5.74, 6) is 1.88. The van der Waals surface area contributed by atoms with E-state index in [4.69, 9.17) is 0 Å². The standard InChI is InChI=1S/C9H12N4S/c1-3-4-8-10-5-6-13(8)9-11-7(2)12-14-9/h5-6H,3-4H2,1-2H3. The van der Waals surface area contributed by atoms with Crippen LogP contribution in [0, 0.1) is 6.92 Å². The van der Waals surface area contributed by atoms with Crippen LogP contribution in [0.15, 0.2) is 12.4 Å². The SMILES string of the molecule is CCCc1nccn1-c1nc(C)ns1. The van der Waals surface area contributed by atoms with Gasteiger partial charge in [-0.3, -0.25) is 4.57 Å². The van der Waals surface area contributed by atoms with Crippen molar-refractivity contribution >= 4 is 11.5 Å². The van der Waals surface area contributed by atoms with E-state index < -0.39 is 0 Å². The van der Waals surface area contributed by atoms with Crippen LogP contribution in [-0.4, -0.2) is 18.9 Å². The van der Waals surface area contributed by atoms with Crippen LogP contribution in [0.2, 0.25) is 0 Å². The molecule has 0 N–H and O–H groups in total. The molecule has 0 aliphatic carbocycles. The largest absolute Gasteiger partial charge is 0.278 e. The van der Waals surface area contributed by atoms with Crippen LogP contribution in [0.4, 0.5) is 0 Å². The van der Waals surface area contributed by atoms with E-state index in [0.717, 1.165) is 29.6 Å². The van der Waals surface area contributed by atoms with Gasteiger partial charge in [0.25, 0.3) is 0 Å². The van der Waals surface area contributed by atoms with Gasteiger partial charge < -0.3 is 0 Å². The van der Waals surface area contributed by atoms with E-state index in [1.54, 1.807) is 0 Å². The molecular weight excluding hydrogens is 196 g/mol. The third-order valence-electron chi connectivity index (χ3n) is 1.91. The Bertz CT molecular complexity index is 418. The summed E-state index contributed by atoms with van der Waals surface area (Å²) in [6.07, 6.45) is 5.81. The summed E-state index contributed by atoms with van der Waals surface area (Å²) < 4.78 is 6.16. The Labute approximate surface area is 86.8 Å². The van der Waals surface area contributed by atoms with Gasteiger partial charge in [0.1, 0.15) is 11.6 Å². The average molecular weight is 208 g/mol. The van der Waals surface area contributed by atoms with Crippen molar-refractivity contribution in [3.05, 3.63) is 24.0 Å². The normalized spacial score (nSPS) is 10.7. The van der Waals surface area contributed by atoms with Crippen LogP contribution < -0.4 is 0 Å². The highest BCUT2D eigenvalue weighted by atomic mass is 32.1. The number of aryl methyl sites for hydroxylation is 2. The van der Waals surface area contributed by atoms with Crippen LogP contribution in [-0.2, 0) is 6.42 Å². The topological polar surface area (TPSA) is 43.6 Å². The molecule has 2 rings (SSSR count). The number of rotatable bonds is 3. The van der Waals surface area contributed by atoms with Crippen LogP contribution in [0.25, 0.3) is 5.13 Å². The third kappa shape index (κ3) is 1.68. The number of hydrogen-bond donors (Lipinski definition) is 0. The molecule has 0 aliphatic rings. The summed E-state index contributed by atoms with van der Waals surface area (Å²) in [6.45, 7) is 4.04. The fourth-order valence-electron chi connectivity index (χ4n) is 1.30. The van der Waals surface area contributed by atoms with E-state index in [9.17, 15) is 0 Å². The first-order valence-electron chi connectivity index (χ1n) is 4.64. The van der Waals surface area contributed by atoms with Gasteiger partial charge in [-0.05, 0) is 13.3 Å². The van der Waals surface area contributed by atoms with Gasteiger partial charge in [-0.25, -0.2) is 9.97 Å². The van der Waals surface area contributed by atoms with Crippen LogP contribution >= 0.6 is 11.5 Å². The maximum absolute atomic E-state index is 4.33.